The van der Waals surface area contributed by atoms with Gasteiger partial charge in [-0.3, -0.25) is 0 Å². The van der Waals surface area contributed by atoms with Gasteiger partial charge in [0.25, 0.3) is 0 Å². The van der Waals surface area contributed by atoms with Crippen molar-refractivity contribution >= 4 is 27.0 Å². The summed E-state index contributed by atoms with van der Waals surface area (Å²) in [5, 5.41) is 3.10. The molecule has 0 amide bonds. The van der Waals surface area contributed by atoms with E-state index in [2.05, 4.69) is 15.0 Å². The van der Waals surface area contributed by atoms with E-state index in [0.29, 0.717) is 13.1 Å². The van der Waals surface area contributed by atoms with Crippen molar-refractivity contribution in [3.8, 4) is 0 Å². The van der Waals surface area contributed by atoms with E-state index in [9.17, 15) is 8.42 Å². The molecule has 18 heavy (non-hydrogen) atoms. The second kappa shape index (κ2) is 4.95. The highest BCUT2D eigenvalue weighted by molar-refractivity contribution is 7.88. The zero-order valence-corrected chi connectivity index (χ0v) is 11.2. The Hall–Kier alpha value is -1.60. The monoisotopic (exact) mass is 268 g/mol. The van der Waals surface area contributed by atoms with Crippen LogP contribution < -0.4 is 10.0 Å². The Bertz CT molecular complexity index is 648. The van der Waals surface area contributed by atoms with E-state index in [1.165, 1.54) is 0 Å². The van der Waals surface area contributed by atoms with E-state index in [0.717, 1.165) is 23.2 Å². The molecule has 0 saturated carbocycles. The largest absolute Gasteiger partial charge is 0.354 e. The molecule has 1 aromatic heterocycles. The summed E-state index contributed by atoms with van der Waals surface area (Å²) in [6.45, 7) is 0.826. The number of nitrogens with one attached hydrogen (secondary N) is 2. The maximum atomic E-state index is 10.9. The van der Waals surface area contributed by atoms with Crippen molar-refractivity contribution < 1.29 is 8.42 Å². The Morgan fingerprint density at radius 1 is 1.28 bits per heavy atom. The summed E-state index contributed by atoms with van der Waals surface area (Å²) in [5.41, 5.74) is 1.95. The minimum atomic E-state index is -3.13. The quantitative estimate of drug-likeness (QED) is 0.776. The number of hydrogen-bond donors (Lipinski definition) is 2. The number of aryl methyl sites for hydroxylation is 1. The summed E-state index contributed by atoms with van der Waals surface area (Å²) in [7, 11) is -1.21. The summed E-state index contributed by atoms with van der Waals surface area (Å²) in [5.74, 6) is 0.728. The number of aromatic nitrogens is 2. The van der Waals surface area contributed by atoms with Crippen molar-refractivity contribution in [2.75, 3.05) is 24.7 Å². The van der Waals surface area contributed by atoms with E-state index >= 15 is 0 Å². The molecule has 0 unspecified atom stereocenters. The van der Waals surface area contributed by atoms with Gasteiger partial charge in [0.05, 0.1) is 17.3 Å². The van der Waals surface area contributed by atoms with Gasteiger partial charge in [0.15, 0.2) is 0 Å². The molecule has 0 radical (unpaired) electrons. The molecule has 0 fully saturated rings. The molecule has 2 aromatic rings. The van der Waals surface area contributed by atoms with Crippen LogP contribution in [0.3, 0.4) is 0 Å². The number of para-hydroxylation sites is 2. The summed E-state index contributed by atoms with van der Waals surface area (Å²) < 4.78 is 26.1. The van der Waals surface area contributed by atoms with Gasteiger partial charge in [0, 0.05) is 20.1 Å². The zero-order chi connectivity index (χ0) is 13.2. The van der Waals surface area contributed by atoms with Gasteiger partial charge in [0.1, 0.15) is 0 Å². The predicted octanol–water partition coefficient (Wildman–Crippen LogP) is 0.534. The number of nitrogens with zero attached hydrogens (tertiary/aromatic N) is 2. The van der Waals surface area contributed by atoms with E-state index in [1.54, 1.807) is 0 Å². The van der Waals surface area contributed by atoms with E-state index in [4.69, 9.17) is 0 Å². The van der Waals surface area contributed by atoms with Gasteiger partial charge < -0.3 is 9.88 Å². The smallest absolute Gasteiger partial charge is 0.208 e. The molecule has 0 aliphatic rings. The number of fused-ring (bicyclic) bond motifs is 1. The molecular formula is C11H16N4O2S. The van der Waals surface area contributed by atoms with Crippen molar-refractivity contribution in [2.24, 2.45) is 7.05 Å². The standard InChI is InChI=1S/C11H16N4O2S/c1-15-10-6-4-3-5-9(10)14-11(15)12-7-8-13-18(2,16)17/h3-6,13H,7-8H2,1-2H3,(H,12,14). The van der Waals surface area contributed by atoms with Gasteiger partial charge in [0.2, 0.25) is 16.0 Å². The van der Waals surface area contributed by atoms with Crippen molar-refractivity contribution in [1.29, 1.82) is 0 Å². The maximum absolute atomic E-state index is 10.9. The van der Waals surface area contributed by atoms with Crippen LogP contribution in [0.5, 0.6) is 0 Å². The lowest BCUT2D eigenvalue weighted by Crippen LogP contribution is -2.28. The molecule has 0 aliphatic carbocycles. The lowest BCUT2D eigenvalue weighted by atomic mass is 10.3. The van der Waals surface area contributed by atoms with Crippen LogP contribution in [0.15, 0.2) is 24.3 Å². The highest BCUT2D eigenvalue weighted by Gasteiger charge is 2.06. The van der Waals surface area contributed by atoms with Crippen molar-refractivity contribution in [2.45, 2.75) is 0 Å². The molecule has 98 valence electrons. The van der Waals surface area contributed by atoms with E-state index in [-0.39, 0.29) is 0 Å². The van der Waals surface area contributed by atoms with Gasteiger partial charge in [-0.25, -0.2) is 18.1 Å². The number of sulfonamides is 1. The van der Waals surface area contributed by atoms with Crippen LogP contribution in [0.25, 0.3) is 11.0 Å². The van der Waals surface area contributed by atoms with Crippen LogP contribution >= 0.6 is 0 Å². The minimum Gasteiger partial charge on any atom is -0.354 e. The summed E-state index contributed by atoms with van der Waals surface area (Å²) in [6, 6.07) is 7.82. The fourth-order valence-electron chi connectivity index (χ4n) is 1.71. The molecule has 0 bridgehead atoms. The summed E-state index contributed by atoms with van der Waals surface area (Å²) in [4.78, 5) is 4.42. The highest BCUT2D eigenvalue weighted by atomic mass is 32.2. The van der Waals surface area contributed by atoms with Crippen LogP contribution in [0, 0.1) is 0 Å². The molecule has 0 spiro atoms. The van der Waals surface area contributed by atoms with Crippen LogP contribution in [-0.2, 0) is 17.1 Å². The topological polar surface area (TPSA) is 76.0 Å². The Labute approximate surface area is 106 Å². The molecule has 0 atom stereocenters. The van der Waals surface area contributed by atoms with Crippen molar-refractivity contribution in [3.63, 3.8) is 0 Å². The lowest BCUT2D eigenvalue weighted by molar-refractivity contribution is 0.589. The number of rotatable bonds is 5. The van der Waals surface area contributed by atoms with Crippen molar-refractivity contribution in [3.05, 3.63) is 24.3 Å². The lowest BCUT2D eigenvalue weighted by Gasteiger charge is -2.06. The number of anilines is 1. The maximum Gasteiger partial charge on any atom is 0.208 e. The first-order valence-corrected chi connectivity index (χ1v) is 7.46. The van der Waals surface area contributed by atoms with E-state index < -0.39 is 10.0 Å². The Morgan fingerprint density at radius 3 is 2.67 bits per heavy atom. The summed E-state index contributed by atoms with van der Waals surface area (Å²) >= 11 is 0. The Morgan fingerprint density at radius 2 is 2.00 bits per heavy atom. The average Bonchev–Trinajstić information content (AvgIpc) is 2.62. The zero-order valence-electron chi connectivity index (χ0n) is 10.3. The molecule has 1 aromatic carbocycles. The van der Waals surface area contributed by atoms with Gasteiger partial charge in [-0.05, 0) is 12.1 Å². The molecule has 0 saturated heterocycles. The number of benzene rings is 1. The molecule has 2 N–H and O–H groups in total. The second-order valence-corrected chi connectivity index (χ2v) is 5.91. The van der Waals surface area contributed by atoms with Crippen LogP contribution in [0.1, 0.15) is 0 Å². The Kier molecular flexibility index (Phi) is 3.53. The van der Waals surface area contributed by atoms with Gasteiger partial charge in [-0.1, -0.05) is 12.1 Å². The van der Waals surface area contributed by atoms with Gasteiger partial charge in [-0.15, -0.1) is 0 Å². The fourth-order valence-corrected chi connectivity index (χ4v) is 2.19. The number of imidazole rings is 1. The van der Waals surface area contributed by atoms with Gasteiger partial charge in [-0.2, -0.15) is 0 Å². The number of hydrogen-bond acceptors (Lipinski definition) is 4. The summed E-state index contributed by atoms with van der Waals surface area (Å²) in [6.07, 6.45) is 1.14. The predicted molar refractivity (Wildman–Crippen MR) is 72.1 cm³/mol. The third-order valence-corrected chi connectivity index (χ3v) is 3.29. The average molecular weight is 268 g/mol. The fraction of sp³-hybridized carbons (Fsp3) is 0.364. The van der Waals surface area contributed by atoms with Crippen LogP contribution in [-0.4, -0.2) is 37.3 Å². The van der Waals surface area contributed by atoms with Crippen LogP contribution in [0.2, 0.25) is 0 Å². The van der Waals surface area contributed by atoms with Crippen molar-refractivity contribution in [1.82, 2.24) is 14.3 Å². The molecule has 0 aliphatic heterocycles. The molecule has 2 rings (SSSR count). The molecule has 1 heterocycles. The third-order valence-electron chi connectivity index (χ3n) is 2.56. The molecule has 6 nitrogen and oxygen atoms in total. The van der Waals surface area contributed by atoms with E-state index in [1.807, 2.05) is 35.9 Å². The molecule has 7 heteroatoms. The Balaban J connectivity index is 2.02. The SMILES string of the molecule is Cn1c(NCCNS(C)(=O)=O)nc2ccccc21. The van der Waals surface area contributed by atoms with Gasteiger partial charge >= 0.3 is 0 Å². The normalized spacial score (nSPS) is 11.9. The first kappa shape index (κ1) is 12.8. The first-order chi connectivity index (χ1) is 8.47. The van der Waals surface area contributed by atoms with Crippen LogP contribution in [0.4, 0.5) is 5.95 Å². The first-order valence-electron chi connectivity index (χ1n) is 5.57. The third kappa shape index (κ3) is 2.99. The molecular weight excluding hydrogens is 252 g/mol. The highest BCUT2D eigenvalue weighted by Crippen LogP contribution is 2.16. The minimum absolute atomic E-state index is 0.335. The second-order valence-electron chi connectivity index (χ2n) is 4.08.